The molecule has 38 heavy (non-hydrogen) atoms. The zero-order valence-corrected chi connectivity index (χ0v) is 20.5. The van der Waals surface area contributed by atoms with Gasteiger partial charge in [-0.25, -0.2) is 8.78 Å². The molecule has 0 saturated carbocycles. The first kappa shape index (κ1) is 30.8. The second kappa shape index (κ2) is 12.0. The minimum absolute atomic E-state index is 0.0331. The second-order valence-electron chi connectivity index (χ2n) is 7.35. The molecule has 0 spiro atoms. The summed E-state index contributed by atoms with van der Waals surface area (Å²) in [5, 5.41) is 2.68. The fourth-order valence-corrected chi connectivity index (χ4v) is 3.52. The van der Waals surface area contributed by atoms with Crippen LogP contribution in [0.4, 0.5) is 40.8 Å². The largest absolute Gasteiger partial charge is 0.435 e. The number of hydrogen-bond acceptors (Lipinski definition) is 2. The molecular weight excluding hydrogens is 571 g/mol. The van der Waals surface area contributed by atoms with E-state index in [1.54, 1.807) is 19.2 Å². The fourth-order valence-electron chi connectivity index (χ4n) is 2.94. The van der Waals surface area contributed by atoms with E-state index < -0.39 is 56.6 Å². The van der Waals surface area contributed by atoms with E-state index in [-0.39, 0.29) is 18.0 Å². The van der Waals surface area contributed by atoms with E-state index in [2.05, 4.69) is 5.32 Å². The molecule has 0 atom stereocenters. The third-order valence-corrected chi connectivity index (χ3v) is 5.44. The van der Waals surface area contributed by atoms with Crippen molar-refractivity contribution in [3.8, 4) is 0 Å². The summed E-state index contributed by atoms with van der Waals surface area (Å²) < 4.78 is 105. The van der Waals surface area contributed by atoms with Gasteiger partial charge >= 0.3 is 18.0 Å². The van der Waals surface area contributed by atoms with Crippen molar-refractivity contribution < 1.29 is 44.7 Å². The molecule has 0 aliphatic carbocycles. The predicted octanol–water partition coefficient (Wildman–Crippen LogP) is 7.72. The molecule has 14 heteroatoms. The fraction of sp³-hybridized carbons (Fsp3) is 0.167. The summed E-state index contributed by atoms with van der Waals surface area (Å²) in [6.45, 7) is 0. The number of benzene rings is 3. The Hall–Kier alpha value is -3.38. The molecule has 0 aliphatic heterocycles. The molecule has 3 aromatic carbocycles. The second-order valence-corrected chi connectivity index (χ2v) is 8.16. The molecule has 3 rings (SSSR count). The number of carbonyl (C=O) groups excluding carboxylic acids is 2. The van der Waals surface area contributed by atoms with Crippen molar-refractivity contribution in [2.24, 2.45) is 0 Å². The lowest BCUT2D eigenvalue weighted by molar-refractivity contribution is -0.348. The molecule has 0 aliphatic rings. The Labute approximate surface area is 220 Å². The van der Waals surface area contributed by atoms with Gasteiger partial charge in [0.2, 0.25) is 0 Å². The Morgan fingerprint density at radius 1 is 0.737 bits per heavy atom. The Balaban J connectivity index is 0.000000423. The number of carbonyl (C=O) groups is 2. The summed E-state index contributed by atoms with van der Waals surface area (Å²) in [6.07, 6.45) is -12.7. The van der Waals surface area contributed by atoms with Crippen molar-refractivity contribution in [1.82, 2.24) is 5.32 Å². The van der Waals surface area contributed by atoms with Gasteiger partial charge in [0.1, 0.15) is 5.82 Å². The summed E-state index contributed by atoms with van der Waals surface area (Å²) in [6, 6.07) is 13.7. The first-order valence-corrected chi connectivity index (χ1v) is 10.9. The predicted molar refractivity (Wildman–Crippen MR) is 126 cm³/mol. The highest BCUT2D eigenvalue weighted by Gasteiger charge is 2.73. The van der Waals surface area contributed by atoms with Gasteiger partial charge in [-0.3, -0.25) is 9.59 Å². The van der Waals surface area contributed by atoms with Crippen molar-refractivity contribution in [3.63, 3.8) is 0 Å². The lowest BCUT2D eigenvalue weighted by Crippen LogP contribution is -2.50. The van der Waals surface area contributed by atoms with Crippen LogP contribution in [0.5, 0.6) is 0 Å². The molecule has 0 aromatic heterocycles. The van der Waals surface area contributed by atoms with Gasteiger partial charge in [-0.1, -0.05) is 53.5 Å². The summed E-state index contributed by atoms with van der Waals surface area (Å²) in [4.78, 5) is 22.9. The monoisotopic (exact) mass is 586 g/mol. The summed E-state index contributed by atoms with van der Waals surface area (Å²) in [5.74, 6) is -2.13. The van der Waals surface area contributed by atoms with Gasteiger partial charge in [-0.15, -0.1) is 0 Å². The number of amides is 2. The molecule has 0 bridgehead atoms. The smallest absolute Gasteiger partial charge is 0.355 e. The van der Waals surface area contributed by atoms with Crippen LogP contribution < -0.4 is 10.6 Å². The minimum Gasteiger partial charge on any atom is -0.355 e. The molecule has 0 unspecified atom stereocenters. The molecular formula is C24H16Cl2F8N2O2. The molecule has 4 nitrogen and oxygen atoms in total. The number of rotatable bonds is 4. The third kappa shape index (κ3) is 6.73. The standard InChI is InChI=1S/C16H7Cl2F8NO.C8H9NO/c17-9-5-7(14(20,15(21,22)23)16(24,25)26)6-10(18)12(9)27-13(28)8-3-1-2-4-11(8)19;1-9-8(10)7-5-3-2-4-6-7/h1-6H,(H,27,28);2-6H,1H3,(H,9,10). The van der Waals surface area contributed by atoms with Crippen LogP contribution in [0.2, 0.25) is 10.0 Å². The van der Waals surface area contributed by atoms with Crippen molar-refractivity contribution in [2.75, 3.05) is 12.4 Å². The normalized spacial score (nSPS) is 11.8. The van der Waals surface area contributed by atoms with Gasteiger partial charge in [-0.05, 0) is 36.4 Å². The van der Waals surface area contributed by atoms with Crippen molar-refractivity contribution in [3.05, 3.63) is 99.3 Å². The van der Waals surface area contributed by atoms with Gasteiger partial charge < -0.3 is 10.6 Å². The van der Waals surface area contributed by atoms with Crippen molar-refractivity contribution in [1.29, 1.82) is 0 Å². The van der Waals surface area contributed by atoms with E-state index in [0.717, 1.165) is 12.1 Å². The Bertz CT molecular complexity index is 1260. The van der Waals surface area contributed by atoms with Crippen molar-refractivity contribution >= 4 is 40.7 Å². The molecule has 0 radical (unpaired) electrons. The SMILES string of the molecule is CNC(=O)c1ccccc1.O=C(Nc1c(Cl)cc(C(F)(C(F)(F)F)C(F)(F)F)cc1Cl)c1ccccc1F. The maximum Gasteiger partial charge on any atom is 0.435 e. The number of nitrogens with one attached hydrogen (secondary N) is 2. The van der Waals surface area contributed by atoms with E-state index in [1.165, 1.54) is 12.1 Å². The number of alkyl halides is 7. The Morgan fingerprint density at radius 3 is 1.66 bits per heavy atom. The first-order valence-electron chi connectivity index (χ1n) is 10.2. The van der Waals surface area contributed by atoms with Crippen LogP contribution in [-0.4, -0.2) is 31.2 Å². The molecule has 0 fully saturated rings. The summed E-state index contributed by atoms with van der Waals surface area (Å²) in [7, 11) is 1.62. The van der Waals surface area contributed by atoms with Crippen LogP contribution >= 0.6 is 23.2 Å². The average Bonchev–Trinajstić information content (AvgIpc) is 2.84. The van der Waals surface area contributed by atoms with E-state index in [1.807, 2.05) is 23.5 Å². The Morgan fingerprint density at radius 2 is 1.21 bits per heavy atom. The lowest BCUT2D eigenvalue weighted by Gasteiger charge is -2.30. The minimum atomic E-state index is -6.37. The van der Waals surface area contributed by atoms with E-state index in [4.69, 9.17) is 23.2 Å². The first-order chi connectivity index (χ1) is 17.5. The summed E-state index contributed by atoms with van der Waals surface area (Å²) >= 11 is 11.2. The molecule has 204 valence electrons. The van der Waals surface area contributed by atoms with Gasteiger partial charge in [0.05, 0.1) is 21.3 Å². The zero-order chi connectivity index (χ0) is 28.9. The molecule has 2 N–H and O–H groups in total. The van der Waals surface area contributed by atoms with Crippen LogP contribution in [0.25, 0.3) is 0 Å². The number of halogens is 10. The molecule has 3 aromatic rings. The highest BCUT2D eigenvalue weighted by Crippen LogP contribution is 2.54. The maximum atomic E-state index is 14.1. The van der Waals surface area contributed by atoms with Gasteiger partial charge in [0, 0.05) is 18.2 Å². The highest BCUT2D eigenvalue weighted by atomic mass is 35.5. The van der Waals surface area contributed by atoms with Gasteiger partial charge in [-0.2, -0.15) is 26.3 Å². The maximum absolute atomic E-state index is 14.1. The quantitative estimate of drug-likeness (QED) is 0.307. The average molecular weight is 587 g/mol. The van der Waals surface area contributed by atoms with Gasteiger partial charge in [0.25, 0.3) is 11.8 Å². The van der Waals surface area contributed by atoms with Crippen LogP contribution in [0.15, 0.2) is 66.7 Å². The zero-order valence-electron chi connectivity index (χ0n) is 18.9. The third-order valence-electron chi connectivity index (χ3n) is 4.84. The molecule has 0 saturated heterocycles. The summed E-state index contributed by atoms with van der Waals surface area (Å²) in [5.41, 5.74) is -8.09. The van der Waals surface area contributed by atoms with Crippen LogP contribution in [-0.2, 0) is 5.67 Å². The highest BCUT2D eigenvalue weighted by molar-refractivity contribution is 6.40. The van der Waals surface area contributed by atoms with Gasteiger partial charge in [0.15, 0.2) is 0 Å². The van der Waals surface area contributed by atoms with Crippen LogP contribution in [0.1, 0.15) is 26.3 Å². The number of hydrogen-bond donors (Lipinski definition) is 2. The van der Waals surface area contributed by atoms with E-state index in [9.17, 15) is 44.7 Å². The molecule has 2 amide bonds. The van der Waals surface area contributed by atoms with Crippen molar-refractivity contribution in [2.45, 2.75) is 18.0 Å². The van der Waals surface area contributed by atoms with Crippen LogP contribution in [0.3, 0.4) is 0 Å². The van der Waals surface area contributed by atoms with Crippen LogP contribution in [0, 0.1) is 5.82 Å². The molecule has 0 heterocycles. The topological polar surface area (TPSA) is 58.2 Å². The van der Waals surface area contributed by atoms with E-state index in [0.29, 0.717) is 5.56 Å². The Kier molecular flexibility index (Phi) is 9.73. The van der Waals surface area contributed by atoms with E-state index >= 15 is 0 Å². The number of anilines is 1. The lowest BCUT2D eigenvalue weighted by atomic mass is 9.94.